The maximum atomic E-state index is 14.3. The van der Waals surface area contributed by atoms with Crippen LogP contribution in [0.3, 0.4) is 0 Å². The largest absolute Gasteiger partial charge is 0.435 e. The van der Waals surface area contributed by atoms with Gasteiger partial charge in [-0.25, -0.2) is 12.8 Å². The normalized spacial score (nSPS) is 22.0. The number of rotatable bonds is 4. The highest BCUT2D eigenvalue weighted by Gasteiger charge is 2.62. The highest BCUT2D eigenvalue weighted by Crippen LogP contribution is 2.50. The number of amides is 2. The van der Waals surface area contributed by atoms with E-state index in [2.05, 4.69) is 10.5 Å². The van der Waals surface area contributed by atoms with Crippen molar-refractivity contribution in [1.82, 2.24) is 10.2 Å². The van der Waals surface area contributed by atoms with Crippen molar-refractivity contribution in [2.45, 2.75) is 23.7 Å². The summed E-state index contributed by atoms with van der Waals surface area (Å²) in [6.07, 6.45) is -4.85. The Kier molecular flexibility index (Phi) is 6.01. The number of halogens is 6. The van der Waals surface area contributed by atoms with Crippen LogP contribution in [0.1, 0.15) is 33.5 Å². The number of hydrogen-bond acceptors (Lipinski definition) is 6. The molecular formula is C23H17Cl2F4N3O5S. The van der Waals surface area contributed by atoms with Crippen LogP contribution in [-0.4, -0.2) is 62.1 Å². The number of likely N-dealkylation sites (tertiary alicyclic amines) is 1. The molecule has 8 nitrogen and oxygen atoms in total. The van der Waals surface area contributed by atoms with Crippen molar-refractivity contribution >= 4 is 50.6 Å². The summed E-state index contributed by atoms with van der Waals surface area (Å²) in [7, 11) is -3.53. The minimum Gasteiger partial charge on any atom is -0.374 e. The van der Waals surface area contributed by atoms with Crippen molar-refractivity contribution in [1.29, 1.82) is 0 Å². The van der Waals surface area contributed by atoms with Crippen molar-refractivity contribution in [2.24, 2.45) is 5.16 Å². The molecule has 0 saturated carbocycles. The van der Waals surface area contributed by atoms with Crippen molar-refractivity contribution in [3.8, 4) is 0 Å². The Morgan fingerprint density at radius 3 is 2.39 bits per heavy atom. The molecule has 3 aliphatic rings. The van der Waals surface area contributed by atoms with Crippen LogP contribution >= 0.6 is 23.2 Å². The number of carbonyl (C=O) groups is 2. The third-order valence-corrected chi connectivity index (χ3v) is 8.08. The number of hydrogen-bond donors (Lipinski definition) is 1. The van der Waals surface area contributed by atoms with E-state index in [0.29, 0.717) is 5.56 Å². The van der Waals surface area contributed by atoms with E-state index < -0.39 is 72.6 Å². The van der Waals surface area contributed by atoms with Gasteiger partial charge in [0.1, 0.15) is 11.3 Å². The van der Waals surface area contributed by atoms with Crippen LogP contribution < -0.4 is 5.32 Å². The molecule has 38 heavy (non-hydrogen) atoms. The fourth-order valence-corrected chi connectivity index (χ4v) is 5.99. The maximum absolute atomic E-state index is 14.3. The van der Waals surface area contributed by atoms with Gasteiger partial charge >= 0.3 is 6.18 Å². The van der Waals surface area contributed by atoms with Gasteiger partial charge in [-0.15, -0.1) is 0 Å². The van der Waals surface area contributed by atoms with Gasteiger partial charge in [-0.1, -0.05) is 40.5 Å². The van der Waals surface area contributed by atoms with Gasteiger partial charge in [0.15, 0.2) is 15.7 Å². The molecule has 1 fully saturated rings. The summed E-state index contributed by atoms with van der Waals surface area (Å²) in [4.78, 5) is 31.2. The average molecular weight is 594 g/mol. The zero-order valence-corrected chi connectivity index (χ0v) is 21.7. The molecule has 1 spiro atoms. The molecule has 1 N–H and O–H groups in total. The molecule has 0 bridgehead atoms. The third-order valence-electron chi connectivity index (χ3n) is 6.76. The third kappa shape index (κ3) is 4.20. The Bertz CT molecular complexity index is 1520. The minimum atomic E-state index is -4.99. The molecule has 1 atom stereocenters. The first-order valence-electron chi connectivity index (χ1n) is 10.9. The van der Waals surface area contributed by atoms with E-state index >= 15 is 0 Å². The average Bonchev–Trinajstić information content (AvgIpc) is 3.35. The molecule has 15 heteroatoms. The molecule has 5 rings (SSSR count). The van der Waals surface area contributed by atoms with E-state index in [1.165, 1.54) is 17.0 Å². The molecule has 1 unspecified atom stereocenters. The number of nitrogens with zero attached hydrogens (tertiary/aromatic N) is 2. The zero-order chi connectivity index (χ0) is 27.8. The summed E-state index contributed by atoms with van der Waals surface area (Å²) in [5.74, 6) is -2.83. The number of benzene rings is 2. The van der Waals surface area contributed by atoms with Gasteiger partial charge in [-0.2, -0.15) is 13.2 Å². The standard InChI is InChI=1S/C23H17Cl2F4N3O5S/c1-38(35,36)8-18(33)32-9-21(10-32)14-3-2-11(4-13(14)20(34)30-21)17-7-22(37-31-17,23(27,28)29)12-5-15(24)19(26)16(25)6-12/h2-6H,7-10H2,1H3,(H,30,34). The van der Waals surface area contributed by atoms with Gasteiger partial charge in [-0.3, -0.25) is 9.59 Å². The molecule has 202 valence electrons. The second-order valence-electron chi connectivity index (χ2n) is 9.50. The Morgan fingerprint density at radius 2 is 1.82 bits per heavy atom. The number of oxime groups is 1. The first-order chi connectivity index (χ1) is 17.6. The van der Waals surface area contributed by atoms with Crippen LogP contribution in [0, 0.1) is 5.82 Å². The van der Waals surface area contributed by atoms with Crippen molar-refractivity contribution in [3.63, 3.8) is 0 Å². The lowest BCUT2D eigenvalue weighted by Crippen LogP contribution is -2.67. The molecule has 2 aromatic rings. The Labute approximate surface area is 223 Å². The Hall–Kier alpha value is -2.90. The molecule has 0 aromatic heterocycles. The molecule has 0 radical (unpaired) electrons. The smallest absolute Gasteiger partial charge is 0.374 e. The summed E-state index contributed by atoms with van der Waals surface area (Å²) in [6.45, 7) is 0.0968. The van der Waals surface area contributed by atoms with Gasteiger partial charge < -0.3 is 15.1 Å². The number of fused-ring (bicyclic) bond motifs is 2. The SMILES string of the molecule is CS(=O)(=O)CC(=O)N1CC2(C1)NC(=O)c1cc(C3=NOC(c4cc(Cl)c(F)c(Cl)c4)(C(F)(F)F)C3)ccc12. The monoisotopic (exact) mass is 593 g/mol. The van der Waals surface area contributed by atoms with E-state index in [-0.39, 0.29) is 29.9 Å². The van der Waals surface area contributed by atoms with Crippen molar-refractivity contribution < 1.29 is 40.4 Å². The van der Waals surface area contributed by atoms with E-state index in [4.69, 9.17) is 28.0 Å². The molecule has 1 saturated heterocycles. The van der Waals surface area contributed by atoms with Gasteiger partial charge in [0.25, 0.3) is 11.5 Å². The van der Waals surface area contributed by atoms with Gasteiger partial charge in [-0.05, 0) is 23.8 Å². The first kappa shape index (κ1) is 26.7. The number of nitrogens with one attached hydrogen (secondary N) is 1. The second-order valence-corrected chi connectivity index (χ2v) is 12.5. The van der Waals surface area contributed by atoms with Crippen molar-refractivity contribution in [3.05, 3.63) is 68.4 Å². The van der Waals surface area contributed by atoms with E-state index in [9.17, 15) is 35.6 Å². The quantitative estimate of drug-likeness (QED) is 0.431. The fourth-order valence-electron chi connectivity index (χ4n) is 4.87. The molecule has 3 heterocycles. The summed E-state index contributed by atoms with van der Waals surface area (Å²) in [5, 5.41) is 5.21. The Balaban J connectivity index is 1.42. The fraction of sp³-hybridized carbons (Fsp3) is 0.348. The number of sulfone groups is 1. The lowest BCUT2D eigenvalue weighted by molar-refractivity contribution is -0.275. The summed E-state index contributed by atoms with van der Waals surface area (Å²) in [6, 6.07) is 5.95. The van der Waals surface area contributed by atoms with E-state index in [1.807, 2.05) is 0 Å². The van der Waals surface area contributed by atoms with Crippen LogP contribution in [-0.2, 0) is 30.6 Å². The summed E-state index contributed by atoms with van der Waals surface area (Å²) in [5.41, 5.74) is -3.68. The Morgan fingerprint density at radius 1 is 1.18 bits per heavy atom. The second kappa shape index (κ2) is 8.55. The van der Waals surface area contributed by atoms with Crippen LogP contribution in [0.15, 0.2) is 35.5 Å². The topological polar surface area (TPSA) is 105 Å². The van der Waals surface area contributed by atoms with Crippen LogP contribution in [0.25, 0.3) is 0 Å². The van der Waals surface area contributed by atoms with Gasteiger partial charge in [0.2, 0.25) is 5.91 Å². The molecule has 0 aliphatic carbocycles. The predicted molar refractivity (Wildman–Crippen MR) is 128 cm³/mol. The molecule has 3 aliphatic heterocycles. The number of carbonyl (C=O) groups excluding carboxylic acids is 2. The minimum absolute atomic E-state index is 0.0484. The lowest BCUT2D eigenvalue weighted by atomic mass is 9.81. The predicted octanol–water partition coefficient (Wildman–Crippen LogP) is 3.54. The molecular weight excluding hydrogens is 577 g/mol. The summed E-state index contributed by atoms with van der Waals surface area (Å²) >= 11 is 11.5. The van der Waals surface area contributed by atoms with E-state index in [1.54, 1.807) is 6.07 Å². The van der Waals surface area contributed by atoms with Gasteiger partial charge in [0.05, 0.1) is 15.8 Å². The summed E-state index contributed by atoms with van der Waals surface area (Å²) < 4.78 is 79.6. The molecule has 2 aromatic carbocycles. The van der Waals surface area contributed by atoms with Crippen LogP contribution in [0.4, 0.5) is 17.6 Å². The number of alkyl halides is 3. The van der Waals surface area contributed by atoms with E-state index in [0.717, 1.165) is 18.4 Å². The highest BCUT2D eigenvalue weighted by atomic mass is 35.5. The maximum Gasteiger partial charge on any atom is 0.435 e. The van der Waals surface area contributed by atoms with Crippen molar-refractivity contribution in [2.75, 3.05) is 25.1 Å². The lowest BCUT2D eigenvalue weighted by Gasteiger charge is -2.48. The highest BCUT2D eigenvalue weighted by molar-refractivity contribution is 7.91. The zero-order valence-electron chi connectivity index (χ0n) is 19.3. The van der Waals surface area contributed by atoms with Crippen LogP contribution in [0.2, 0.25) is 10.0 Å². The first-order valence-corrected chi connectivity index (χ1v) is 13.8. The van der Waals surface area contributed by atoms with Crippen LogP contribution in [0.5, 0.6) is 0 Å². The van der Waals surface area contributed by atoms with Gasteiger partial charge in [0, 0.05) is 42.5 Å². The molecule has 2 amide bonds.